The Balaban J connectivity index is 1.40. The van der Waals surface area contributed by atoms with Crippen LogP contribution in [0.3, 0.4) is 0 Å². The van der Waals surface area contributed by atoms with E-state index in [9.17, 15) is 14.4 Å². The molecule has 0 aliphatic rings. The van der Waals surface area contributed by atoms with Gasteiger partial charge in [0.2, 0.25) is 0 Å². The lowest BCUT2D eigenvalue weighted by Gasteiger charge is -2.22. The van der Waals surface area contributed by atoms with E-state index < -0.39 is 12.2 Å². The maximum Gasteiger partial charge on any atom is 0.410 e. The Morgan fingerprint density at radius 1 is 0.750 bits per heavy atom. The van der Waals surface area contributed by atoms with Gasteiger partial charge in [-0.3, -0.25) is 4.79 Å². The second-order valence-electron chi connectivity index (χ2n) is 8.91. The second kappa shape index (κ2) is 17.0. The van der Waals surface area contributed by atoms with Crippen LogP contribution in [-0.2, 0) is 22.7 Å². The standard InChI is InChI=1S/C29H36N6O5/c30-34-26-15-14-25(20-33-26)27(36)31-17-9-19-35(29(38)40-22-24-12-5-2-6-13-24)18-8-7-16-32-28(37)39-21-23-10-3-1-4-11-23/h1-6,10-15,20H,7-9,16-19,21-22,30H2,(H,31,36)(H,32,37)(H,33,34). The largest absolute Gasteiger partial charge is 0.445 e. The van der Waals surface area contributed by atoms with Crippen LogP contribution in [0.1, 0.15) is 40.7 Å². The summed E-state index contributed by atoms with van der Waals surface area (Å²) in [6, 6.07) is 22.1. The Morgan fingerprint density at radius 2 is 1.38 bits per heavy atom. The maximum absolute atomic E-state index is 12.8. The average molecular weight is 549 g/mol. The van der Waals surface area contributed by atoms with Crippen molar-refractivity contribution in [3.8, 4) is 0 Å². The molecule has 0 atom stereocenters. The minimum Gasteiger partial charge on any atom is -0.445 e. The normalized spacial score (nSPS) is 10.3. The summed E-state index contributed by atoms with van der Waals surface area (Å²) in [5.74, 6) is 5.49. The predicted molar refractivity (Wildman–Crippen MR) is 151 cm³/mol. The number of nitrogen functional groups attached to an aromatic ring is 1. The number of carbonyl (C=O) groups is 3. The third kappa shape index (κ3) is 11.0. The number of ether oxygens (including phenoxy) is 2. The molecule has 3 amide bonds. The summed E-state index contributed by atoms with van der Waals surface area (Å²) in [6.07, 6.45) is 2.36. The van der Waals surface area contributed by atoms with Crippen molar-refractivity contribution in [2.24, 2.45) is 5.84 Å². The van der Waals surface area contributed by atoms with Crippen LogP contribution in [0, 0.1) is 0 Å². The van der Waals surface area contributed by atoms with Crippen molar-refractivity contribution in [1.82, 2.24) is 20.5 Å². The summed E-state index contributed by atoms with van der Waals surface area (Å²) in [7, 11) is 0. The molecule has 212 valence electrons. The first-order valence-corrected chi connectivity index (χ1v) is 13.2. The number of alkyl carbamates (subject to hydrolysis) is 1. The zero-order valence-electron chi connectivity index (χ0n) is 22.4. The Kier molecular flexibility index (Phi) is 12.7. The fraction of sp³-hybridized carbons (Fsp3) is 0.310. The van der Waals surface area contributed by atoms with Gasteiger partial charge in [-0.15, -0.1) is 0 Å². The zero-order valence-corrected chi connectivity index (χ0v) is 22.4. The number of aromatic nitrogens is 1. The Bertz CT molecular complexity index is 1180. The second-order valence-corrected chi connectivity index (χ2v) is 8.91. The average Bonchev–Trinajstić information content (AvgIpc) is 3.00. The fourth-order valence-electron chi connectivity index (χ4n) is 3.68. The quantitative estimate of drug-likeness (QED) is 0.127. The smallest absolute Gasteiger partial charge is 0.410 e. The maximum atomic E-state index is 12.8. The minimum atomic E-state index is -0.483. The van der Waals surface area contributed by atoms with Crippen molar-refractivity contribution in [3.05, 3.63) is 95.7 Å². The van der Waals surface area contributed by atoms with Gasteiger partial charge in [-0.1, -0.05) is 60.7 Å². The molecule has 1 aromatic heterocycles. The molecule has 0 saturated heterocycles. The van der Waals surface area contributed by atoms with Crippen molar-refractivity contribution in [3.63, 3.8) is 0 Å². The summed E-state index contributed by atoms with van der Waals surface area (Å²) in [4.78, 5) is 42.8. The highest BCUT2D eigenvalue weighted by atomic mass is 16.6. The molecule has 3 rings (SSSR count). The molecule has 0 saturated carbocycles. The lowest BCUT2D eigenvalue weighted by atomic mass is 10.2. The number of nitrogens with two attached hydrogens (primary N) is 1. The molecule has 3 aromatic rings. The van der Waals surface area contributed by atoms with E-state index in [1.54, 1.807) is 17.0 Å². The lowest BCUT2D eigenvalue weighted by molar-refractivity contribution is 0.0928. The molecule has 0 aliphatic carbocycles. The molecule has 0 fully saturated rings. The number of hydrogen-bond donors (Lipinski definition) is 4. The van der Waals surface area contributed by atoms with Crippen molar-refractivity contribution in [1.29, 1.82) is 0 Å². The molecular weight excluding hydrogens is 512 g/mol. The van der Waals surface area contributed by atoms with E-state index in [1.807, 2.05) is 60.7 Å². The van der Waals surface area contributed by atoms with Gasteiger partial charge in [0.15, 0.2) is 0 Å². The van der Waals surface area contributed by atoms with Gasteiger partial charge in [-0.2, -0.15) is 0 Å². The van der Waals surface area contributed by atoms with Crippen LogP contribution in [-0.4, -0.2) is 54.2 Å². The molecular formula is C29H36N6O5. The highest BCUT2D eigenvalue weighted by Crippen LogP contribution is 2.07. The number of nitrogens with one attached hydrogen (secondary N) is 3. The third-order valence-corrected chi connectivity index (χ3v) is 5.86. The van der Waals surface area contributed by atoms with Gasteiger partial charge >= 0.3 is 12.2 Å². The minimum absolute atomic E-state index is 0.169. The monoisotopic (exact) mass is 548 g/mol. The third-order valence-electron chi connectivity index (χ3n) is 5.86. The van der Waals surface area contributed by atoms with Gasteiger partial charge in [-0.05, 0) is 42.5 Å². The number of carbonyl (C=O) groups excluding carboxylic acids is 3. The highest BCUT2D eigenvalue weighted by Gasteiger charge is 2.15. The first kappa shape index (κ1) is 29.9. The van der Waals surface area contributed by atoms with Gasteiger partial charge in [0, 0.05) is 32.4 Å². The predicted octanol–water partition coefficient (Wildman–Crippen LogP) is 3.83. The summed E-state index contributed by atoms with van der Waals surface area (Å²) in [5.41, 5.74) is 4.63. The van der Waals surface area contributed by atoms with Crippen LogP contribution in [0.25, 0.3) is 0 Å². The van der Waals surface area contributed by atoms with E-state index in [0.29, 0.717) is 56.8 Å². The number of nitrogens with zero attached hydrogens (tertiary/aromatic N) is 2. The summed E-state index contributed by atoms with van der Waals surface area (Å²) < 4.78 is 10.7. The van der Waals surface area contributed by atoms with Crippen molar-refractivity contribution in [2.75, 3.05) is 31.6 Å². The molecule has 11 heteroatoms. The molecule has 0 bridgehead atoms. The van der Waals surface area contributed by atoms with Crippen LogP contribution >= 0.6 is 0 Å². The van der Waals surface area contributed by atoms with E-state index in [4.69, 9.17) is 15.3 Å². The molecule has 40 heavy (non-hydrogen) atoms. The fourth-order valence-corrected chi connectivity index (χ4v) is 3.68. The Labute approximate surface area is 234 Å². The SMILES string of the molecule is NNc1ccc(C(=O)NCCCN(CCCCNC(=O)OCc2ccccc2)C(=O)OCc2ccccc2)cn1. The number of anilines is 1. The van der Waals surface area contributed by atoms with Crippen molar-refractivity contribution in [2.45, 2.75) is 32.5 Å². The van der Waals surface area contributed by atoms with Gasteiger partial charge in [-0.25, -0.2) is 20.4 Å². The molecule has 1 heterocycles. The van der Waals surface area contributed by atoms with Crippen LogP contribution < -0.4 is 21.9 Å². The van der Waals surface area contributed by atoms with Crippen LogP contribution in [0.4, 0.5) is 15.4 Å². The lowest BCUT2D eigenvalue weighted by Crippen LogP contribution is -2.36. The number of unbranched alkanes of at least 4 members (excludes halogenated alkanes) is 1. The molecule has 2 aromatic carbocycles. The van der Waals surface area contributed by atoms with Crippen LogP contribution in [0.15, 0.2) is 79.0 Å². The highest BCUT2D eigenvalue weighted by molar-refractivity contribution is 5.94. The molecule has 0 radical (unpaired) electrons. The summed E-state index contributed by atoms with van der Waals surface area (Å²) >= 11 is 0. The number of rotatable bonds is 15. The molecule has 0 unspecified atom stereocenters. The van der Waals surface area contributed by atoms with Crippen LogP contribution in [0.5, 0.6) is 0 Å². The van der Waals surface area contributed by atoms with Gasteiger partial charge in [0.05, 0.1) is 5.56 Å². The van der Waals surface area contributed by atoms with E-state index >= 15 is 0 Å². The van der Waals surface area contributed by atoms with Gasteiger partial charge in [0.25, 0.3) is 5.91 Å². The topological polar surface area (TPSA) is 148 Å². The van der Waals surface area contributed by atoms with Gasteiger partial charge in [0.1, 0.15) is 19.0 Å². The number of benzene rings is 2. The van der Waals surface area contributed by atoms with E-state index in [-0.39, 0.29) is 19.1 Å². The number of hydrazine groups is 1. The number of hydrogen-bond acceptors (Lipinski definition) is 8. The van der Waals surface area contributed by atoms with Crippen LogP contribution in [0.2, 0.25) is 0 Å². The number of pyridine rings is 1. The van der Waals surface area contributed by atoms with E-state index in [1.165, 1.54) is 6.20 Å². The summed E-state index contributed by atoms with van der Waals surface area (Å²) in [5, 5.41) is 5.56. The Morgan fingerprint density at radius 3 is 2.00 bits per heavy atom. The van der Waals surface area contributed by atoms with Gasteiger partial charge < -0.3 is 30.4 Å². The van der Waals surface area contributed by atoms with Crippen molar-refractivity contribution >= 4 is 23.9 Å². The van der Waals surface area contributed by atoms with E-state index in [0.717, 1.165) is 11.1 Å². The summed E-state index contributed by atoms with van der Waals surface area (Å²) in [6.45, 7) is 2.00. The first-order valence-electron chi connectivity index (χ1n) is 13.2. The molecule has 5 N–H and O–H groups in total. The number of amides is 3. The molecule has 0 spiro atoms. The zero-order chi connectivity index (χ0) is 28.4. The molecule has 11 nitrogen and oxygen atoms in total. The Hall–Kier alpha value is -4.64. The molecule has 0 aliphatic heterocycles. The van der Waals surface area contributed by atoms with Crippen molar-refractivity contribution < 1.29 is 23.9 Å². The van der Waals surface area contributed by atoms with E-state index in [2.05, 4.69) is 21.0 Å². The first-order chi connectivity index (χ1) is 19.5.